The maximum Gasteiger partial charge on any atom is 0.246 e. The van der Waals surface area contributed by atoms with E-state index in [4.69, 9.17) is 0 Å². The van der Waals surface area contributed by atoms with Crippen molar-refractivity contribution in [3.63, 3.8) is 0 Å². The second-order valence-corrected chi connectivity index (χ2v) is 8.53. The third kappa shape index (κ3) is 3.61. The molecular formula is C20H21N3O3S. The smallest absolute Gasteiger partial charge is 0.246 e. The topological polar surface area (TPSA) is 78.5 Å². The van der Waals surface area contributed by atoms with Crippen LogP contribution in [0.15, 0.2) is 65.6 Å². The summed E-state index contributed by atoms with van der Waals surface area (Å²) in [6, 6.07) is 16.5. The Kier molecular flexibility index (Phi) is 4.49. The predicted octanol–water partition coefficient (Wildman–Crippen LogP) is 2.42. The summed E-state index contributed by atoms with van der Waals surface area (Å²) in [4.78, 5) is 14.5. The van der Waals surface area contributed by atoms with Crippen LogP contribution in [0.2, 0.25) is 0 Å². The van der Waals surface area contributed by atoms with E-state index < -0.39 is 15.7 Å². The molecule has 1 saturated heterocycles. The van der Waals surface area contributed by atoms with Crippen LogP contribution in [-0.4, -0.2) is 38.0 Å². The van der Waals surface area contributed by atoms with Gasteiger partial charge in [0.1, 0.15) is 10.6 Å². The van der Waals surface area contributed by atoms with Crippen molar-refractivity contribution in [2.24, 2.45) is 0 Å². The number of nitrogens with zero attached hydrogens (tertiary/aromatic N) is 1. The Morgan fingerprint density at radius 1 is 1.00 bits per heavy atom. The van der Waals surface area contributed by atoms with Gasteiger partial charge in [0.15, 0.2) is 0 Å². The summed E-state index contributed by atoms with van der Waals surface area (Å²) in [5.41, 5.74) is 0.838. The first-order chi connectivity index (χ1) is 13.0. The second-order valence-electron chi connectivity index (χ2n) is 6.88. The number of hydrogen-bond donors (Lipinski definition) is 2. The first kappa shape index (κ1) is 17.8. The molecule has 0 atom stereocenters. The SMILES string of the molecule is O=C(/C=C/c1ccccc1)N1CCC2(CC1)Nc1ccccc1S(=O)(=O)N2. The van der Waals surface area contributed by atoms with Gasteiger partial charge in [0, 0.05) is 32.0 Å². The van der Waals surface area contributed by atoms with Crippen molar-refractivity contribution >= 4 is 27.7 Å². The number of anilines is 1. The lowest BCUT2D eigenvalue weighted by molar-refractivity contribution is -0.127. The number of hydrogen-bond acceptors (Lipinski definition) is 4. The molecule has 2 aromatic carbocycles. The average molecular weight is 383 g/mol. The summed E-state index contributed by atoms with van der Waals surface area (Å²) >= 11 is 0. The highest BCUT2D eigenvalue weighted by molar-refractivity contribution is 7.89. The average Bonchev–Trinajstić information content (AvgIpc) is 2.67. The van der Waals surface area contributed by atoms with Crippen LogP contribution >= 0.6 is 0 Å². The quantitative estimate of drug-likeness (QED) is 0.781. The lowest BCUT2D eigenvalue weighted by Gasteiger charge is -2.45. The van der Waals surface area contributed by atoms with Crippen molar-refractivity contribution in [3.05, 3.63) is 66.2 Å². The van der Waals surface area contributed by atoms with Gasteiger partial charge in [0.2, 0.25) is 15.9 Å². The molecule has 6 nitrogen and oxygen atoms in total. The zero-order valence-electron chi connectivity index (χ0n) is 14.8. The minimum atomic E-state index is -3.56. The molecule has 0 saturated carbocycles. The van der Waals surface area contributed by atoms with E-state index in [9.17, 15) is 13.2 Å². The van der Waals surface area contributed by atoms with Crippen LogP contribution in [0.5, 0.6) is 0 Å². The van der Waals surface area contributed by atoms with Crippen molar-refractivity contribution in [1.82, 2.24) is 9.62 Å². The molecule has 27 heavy (non-hydrogen) atoms. The number of carbonyl (C=O) groups excluding carboxylic acids is 1. The molecule has 1 amide bonds. The van der Waals surface area contributed by atoms with Crippen LogP contribution in [0.25, 0.3) is 6.08 Å². The first-order valence-electron chi connectivity index (χ1n) is 8.91. The first-order valence-corrected chi connectivity index (χ1v) is 10.4. The third-order valence-corrected chi connectivity index (χ3v) is 6.62. The van der Waals surface area contributed by atoms with Crippen LogP contribution in [0, 0.1) is 0 Å². The number of piperidine rings is 1. The van der Waals surface area contributed by atoms with Gasteiger partial charge in [0.25, 0.3) is 0 Å². The Morgan fingerprint density at radius 2 is 1.67 bits per heavy atom. The summed E-state index contributed by atoms with van der Waals surface area (Å²) in [6.07, 6.45) is 4.38. The lowest BCUT2D eigenvalue weighted by Crippen LogP contribution is -2.62. The summed E-state index contributed by atoms with van der Waals surface area (Å²) in [6.45, 7) is 0.964. The Hall–Kier alpha value is -2.64. The molecule has 2 aliphatic rings. The van der Waals surface area contributed by atoms with Gasteiger partial charge < -0.3 is 10.2 Å². The van der Waals surface area contributed by atoms with Crippen molar-refractivity contribution in [3.8, 4) is 0 Å². The maximum absolute atomic E-state index is 12.6. The van der Waals surface area contributed by atoms with Gasteiger partial charge in [0.05, 0.1) is 5.69 Å². The number of para-hydroxylation sites is 1. The van der Waals surface area contributed by atoms with Gasteiger partial charge in [-0.05, 0) is 23.8 Å². The molecule has 2 N–H and O–H groups in total. The molecule has 0 unspecified atom stereocenters. The molecule has 1 spiro atoms. The standard InChI is InChI=1S/C20H21N3O3S/c24-19(11-10-16-6-2-1-3-7-16)23-14-12-20(13-15-23)21-17-8-4-5-9-18(17)27(25,26)22-20/h1-11,21-22H,12-15H2/b11-10+. The highest BCUT2D eigenvalue weighted by Gasteiger charge is 2.43. The monoisotopic (exact) mass is 383 g/mol. The molecule has 4 rings (SSSR count). The largest absolute Gasteiger partial charge is 0.365 e. The zero-order chi connectivity index (χ0) is 18.9. The zero-order valence-corrected chi connectivity index (χ0v) is 15.6. The van der Waals surface area contributed by atoms with E-state index in [1.54, 1.807) is 35.3 Å². The molecule has 140 valence electrons. The number of rotatable bonds is 2. The minimum Gasteiger partial charge on any atom is -0.365 e. The molecule has 2 heterocycles. The molecule has 2 aliphatic heterocycles. The molecule has 2 aromatic rings. The number of amides is 1. The maximum atomic E-state index is 12.6. The van der Waals surface area contributed by atoms with E-state index in [1.165, 1.54) is 0 Å². The van der Waals surface area contributed by atoms with Gasteiger partial charge in [-0.2, -0.15) is 4.72 Å². The fourth-order valence-corrected chi connectivity index (χ4v) is 5.12. The fraction of sp³-hybridized carbons (Fsp3) is 0.250. The number of fused-ring (bicyclic) bond motifs is 1. The molecule has 0 aromatic heterocycles. The molecule has 7 heteroatoms. The van der Waals surface area contributed by atoms with Crippen LogP contribution in [-0.2, 0) is 14.8 Å². The van der Waals surface area contributed by atoms with Crippen LogP contribution in [0.1, 0.15) is 18.4 Å². The molecule has 0 bridgehead atoms. The van der Waals surface area contributed by atoms with Gasteiger partial charge in [-0.15, -0.1) is 0 Å². The Bertz CT molecular complexity index is 979. The van der Waals surface area contributed by atoms with Gasteiger partial charge in [-0.3, -0.25) is 4.79 Å². The van der Waals surface area contributed by atoms with Crippen molar-refractivity contribution in [2.45, 2.75) is 23.4 Å². The van der Waals surface area contributed by atoms with Crippen molar-refractivity contribution in [1.29, 1.82) is 0 Å². The minimum absolute atomic E-state index is 0.0623. The van der Waals surface area contributed by atoms with Crippen LogP contribution in [0.3, 0.4) is 0 Å². The Morgan fingerprint density at radius 3 is 2.41 bits per heavy atom. The highest BCUT2D eigenvalue weighted by atomic mass is 32.2. The molecular weight excluding hydrogens is 362 g/mol. The van der Waals surface area contributed by atoms with Crippen LogP contribution < -0.4 is 10.0 Å². The molecule has 0 radical (unpaired) electrons. The number of likely N-dealkylation sites (tertiary alicyclic amines) is 1. The fourth-order valence-electron chi connectivity index (χ4n) is 3.57. The van der Waals surface area contributed by atoms with E-state index in [-0.39, 0.29) is 10.8 Å². The second kappa shape index (κ2) is 6.83. The van der Waals surface area contributed by atoms with Crippen molar-refractivity contribution in [2.75, 3.05) is 18.4 Å². The van der Waals surface area contributed by atoms with Gasteiger partial charge in [-0.25, -0.2) is 8.42 Å². The van der Waals surface area contributed by atoms with E-state index in [2.05, 4.69) is 10.0 Å². The molecule has 0 aliphatic carbocycles. The summed E-state index contributed by atoms with van der Waals surface area (Å²) in [7, 11) is -3.56. The number of benzene rings is 2. The van der Waals surface area contributed by atoms with E-state index >= 15 is 0 Å². The van der Waals surface area contributed by atoms with Crippen LogP contribution in [0.4, 0.5) is 5.69 Å². The van der Waals surface area contributed by atoms with E-state index in [1.807, 2.05) is 36.4 Å². The predicted molar refractivity (Wildman–Crippen MR) is 104 cm³/mol. The highest BCUT2D eigenvalue weighted by Crippen LogP contribution is 2.34. The number of carbonyl (C=O) groups is 1. The Balaban J connectivity index is 1.45. The van der Waals surface area contributed by atoms with Gasteiger partial charge in [-0.1, -0.05) is 42.5 Å². The summed E-state index contributed by atoms with van der Waals surface area (Å²) in [5, 5.41) is 3.34. The Labute approximate surface area is 158 Å². The summed E-state index contributed by atoms with van der Waals surface area (Å²) < 4.78 is 27.9. The molecule has 1 fully saturated rings. The third-order valence-electron chi connectivity index (χ3n) is 5.03. The normalized spacial score (nSPS) is 20.2. The number of nitrogens with one attached hydrogen (secondary N) is 2. The van der Waals surface area contributed by atoms with E-state index in [0.717, 1.165) is 5.56 Å². The van der Waals surface area contributed by atoms with E-state index in [0.29, 0.717) is 31.6 Å². The van der Waals surface area contributed by atoms with Crippen molar-refractivity contribution < 1.29 is 13.2 Å². The van der Waals surface area contributed by atoms with Gasteiger partial charge >= 0.3 is 0 Å². The number of sulfonamides is 1. The summed E-state index contributed by atoms with van der Waals surface area (Å²) in [5.74, 6) is -0.0623. The lowest BCUT2D eigenvalue weighted by atomic mass is 9.97.